The van der Waals surface area contributed by atoms with Gasteiger partial charge in [-0.3, -0.25) is 14.6 Å². The Morgan fingerprint density at radius 1 is 1.32 bits per heavy atom. The molecular weight excluding hydrogens is 282 g/mol. The maximum atomic E-state index is 12.5. The molecule has 0 aliphatic carbocycles. The molecule has 0 saturated carbocycles. The van der Waals surface area contributed by atoms with Crippen LogP contribution in [0.3, 0.4) is 0 Å². The molecule has 1 spiro atoms. The van der Waals surface area contributed by atoms with E-state index in [4.69, 9.17) is 4.74 Å². The molecule has 6 nitrogen and oxygen atoms in total. The van der Waals surface area contributed by atoms with E-state index in [0.29, 0.717) is 32.3 Å². The van der Waals surface area contributed by atoms with Gasteiger partial charge in [0, 0.05) is 45.4 Å². The summed E-state index contributed by atoms with van der Waals surface area (Å²) in [6, 6.07) is 0.575. The van der Waals surface area contributed by atoms with E-state index in [1.807, 2.05) is 0 Å². The van der Waals surface area contributed by atoms with E-state index in [2.05, 4.69) is 23.6 Å². The Balaban J connectivity index is 1.49. The van der Waals surface area contributed by atoms with Crippen LogP contribution in [0.2, 0.25) is 0 Å². The number of carbonyl (C=O) groups is 1. The zero-order chi connectivity index (χ0) is 15.7. The van der Waals surface area contributed by atoms with Crippen molar-refractivity contribution >= 4 is 5.91 Å². The second-order valence-corrected chi connectivity index (χ2v) is 7.21. The van der Waals surface area contributed by atoms with Gasteiger partial charge in [0.15, 0.2) is 0 Å². The van der Waals surface area contributed by atoms with E-state index in [1.54, 1.807) is 4.90 Å². The second kappa shape index (κ2) is 6.43. The first-order valence-corrected chi connectivity index (χ1v) is 8.56. The Kier molecular flexibility index (Phi) is 4.73. The second-order valence-electron chi connectivity index (χ2n) is 7.21. The predicted molar refractivity (Wildman–Crippen MR) is 83.7 cm³/mol. The molecule has 3 saturated heterocycles. The first-order chi connectivity index (χ1) is 10.5. The van der Waals surface area contributed by atoms with E-state index >= 15 is 0 Å². The lowest BCUT2D eigenvalue weighted by Gasteiger charge is -2.37. The van der Waals surface area contributed by atoms with Crippen LogP contribution >= 0.6 is 0 Å². The monoisotopic (exact) mass is 311 g/mol. The molecule has 1 N–H and O–H groups in total. The van der Waals surface area contributed by atoms with E-state index in [-0.39, 0.29) is 5.91 Å². The molecule has 6 heteroatoms. The number of hydrogen-bond donors (Lipinski definition) is 1. The number of nitrogens with zero attached hydrogens (tertiary/aromatic N) is 3. The zero-order valence-corrected chi connectivity index (χ0v) is 13.8. The average molecular weight is 311 g/mol. The molecule has 0 unspecified atom stereocenters. The van der Waals surface area contributed by atoms with Gasteiger partial charge in [-0.05, 0) is 26.7 Å². The van der Waals surface area contributed by atoms with Gasteiger partial charge >= 0.3 is 0 Å². The van der Waals surface area contributed by atoms with Crippen molar-refractivity contribution in [2.75, 3.05) is 52.4 Å². The van der Waals surface area contributed by atoms with E-state index in [9.17, 15) is 9.90 Å². The highest BCUT2D eigenvalue weighted by Crippen LogP contribution is 2.35. The number of aliphatic hydroxyl groups is 1. The van der Waals surface area contributed by atoms with E-state index < -0.39 is 11.7 Å². The zero-order valence-electron chi connectivity index (χ0n) is 13.8. The minimum atomic E-state index is -0.531. The topological polar surface area (TPSA) is 56.2 Å². The summed E-state index contributed by atoms with van der Waals surface area (Å²) in [6.45, 7) is 10.5. The van der Waals surface area contributed by atoms with E-state index in [0.717, 1.165) is 39.0 Å². The molecule has 0 aromatic carbocycles. The molecule has 3 heterocycles. The highest BCUT2D eigenvalue weighted by Gasteiger charge is 2.50. The summed E-state index contributed by atoms with van der Waals surface area (Å²) in [5.74, 6) is 0.129. The minimum absolute atomic E-state index is 0.129. The van der Waals surface area contributed by atoms with Crippen molar-refractivity contribution in [3.63, 3.8) is 0 Å². The van der Waals surface area contributed by atoms with Gasteiger partial charge in [0.25, 0.3) is 0 Å². The van der Waals surface area contributed by atoms with Crippen LogP contribution in [0.15, 0.2) is 0 Å². The number of likely N-dealkylation sites (tertiary alicyclic amines) is 1. The van der Waals surface area contributed by atoms with Gasteiger partial charge in [0.1, 0.15) is 11.7 Å². The van der Waals surface area contributed by atoms with E-state index in [1.165, 1.54) is 0 Å². The quantitative estimate of drug-likeness (QED) is 0.780. The predicted octanol–water partition coefficient (Wildman–Crippen LogP) is -0.235. The van der Waals surface area contributed by atoms with Crippen LogP contribution in [0, 0.1) is 0 Å². The van der Waals surface area contributed by atoms with Crippen LogP contribution in [-0.4, -0.2) is 95.9 Å². The molecule has 3 aliphatic rings. The normalized spacial score (nSPS) is 34.2. The molecule has 0 bridgehead atoms. The smallest absolute Gasteiger partial charge is 0.236 e. The molecule has 126 valence electrons. The summed E-state index contributed by atoms with van der Waals surface area (Å²) in [6.07, 6.45) is 1.32. The molecule has 3 rings (SSSR count). The van der Waals surface area contributed by atoms with Crippen LogP contribution in [0.25, 0.3) is 0 Å². The number of piperazine rings is 1. The van der Waals surface area contributed by atoms with Gasteiger partial charge in [0.2, 0.25) is 5.91 Å². The van der Waals surface area contributed by atoms with Crippen molar-refractivity contribution < 1.29 is 14.6 Å². The third-order valence-electron chi connectivity index (χ3n) is 5.44. The minimum Gasteiger partial charge on any atom is -0.388 e. The molecular formula is C16H29N3O3. The van der Waals surface area contributed by atoms with Crippen molar-refractivity contribution in [2.24, 2.45) is 0 Å². The highest BCUT2D eigenvalue weighted by atomic mass is 16.5. The molecule has 22 heavy (non-hydrogen) atoms. The first-order valence-electron chi connectivity index (χ1n) is 8.56. The largest absolute Gasteiger partial charge is 0.388 e. The molecule has 2 atom stereocenters. The lowest BCUT2D eigenvalue weighted by molar-refractivity contribution is -0.133. The van der Waals surface area contributed by atoms with Gasteiger partial charge in [0.05, 0.1) is 13.1 Å². The van der Waals surface area contributed by atoms with Crippen LogP contribution in [0.5, 0.6) is 0 Å². The highest BCUT2D eigenvalue weighted by molar-refractivity contribution is 5.79. The van der Waals surface area contributed by atoms with Crippen molar-refractivity contribution in [3.05, 3.63) is 0 Å². The van der Waals surface area contributed by atoms with Gasteiger partial charge in [-0.2, -0.15) is 0 Å². The van der Waals surface area contributed by atoms with Crippen molar-refractivity contribution in [2.45, 2.75) is 44.4 Å². The molecule has 1 amide bonds. The summed E-state index contributed by atoms with van der Waals surface area (Å²) in [4.78, 5) is 19.0. The Bertz CT molecular complexity index is 401. The fraction of sp³-hybridized carbons (Fsp3) is 0.938. The van der Waals surface area contributed by atoms with Crippen molar-refractivity contribution in [1.29, 1.82) is 0 Å². The lowest BCUT2D eigenvalue weighted by atomic mass is 9.97. The maximum Gasteiger partial charge on any atom is 0.236 e. The Morgan fingerprint density at radius 2 is 2.05 bits per heavy atom. The summed E-state index contributed by atoms with van der Waals surface area (Å²) in [7, 11) is 0. The third kappa shape index (κ3) is 3.15. The summed E-state index contributed by atoms with van der Waals surface area (Å²) < 4.78 is 5.76. The molecule has 0 aromatic heterocycles. The molecule has 3 aliphatic heterocycles. The number of amides is 1. The number of β-amino-alcohol motifs (C(OH)–C–C–N with tert-alkyl or cyclic N) is 1. The van der Waals surface area contributed by atoms with Crippen LogP contribution < -0.4 is 0 Å². The van der Waals surface area contributed by atoms with Crippen molar-refractivity contribution in [3.8, 4) is 0 Å². The summed E-state index contributed by atoms with van der Waals surface area (Å²) in [5, 5.41) is 10.3. The molecule has 0 radical (unpaired) electrons. The Hall–Kier alpha value is -0.690. The molecule has 3 fully saturated rings. The summed E-state index contributed by atoms with van der Waals surface area (Å²) in [5.41, 5.74) is -0.480. The first kappa shape index (κ1) is 16.2. The fourth-order valence-electron chi connectivity index (χ4n) is 3.89. The maximum absolute atomic E-state index is 12.5. The SMILES string of the molecule is CC(C)N1CCN(CC(=O)N2C[C@H](O)[C@]3(CCCO3)C2)CC1. The standard InChI is InChI=1S/C16H29N3O3/c1-13(2)18-7-5-17(6-8-18)11-15(21)19-10-14(20)16(12-19)4-3-9-22-16/h13-14,20H,3-12H2,1-2H3/t14-,16-/m0/s1. The number of carbonyl (C=O) groups excluding carboxylic acids is 1. The van der Waals surface area contributed by atoms with Gasteiger partial charge in [-0.25, -0.2) is 0 Å². The van der Waals surface area contributed by atoms with Gasteiger partial charge in [-0.1, -0.05) is 0 Å². The van der Waals surface area contributed by atoms with Gasteiger partial charge in [-0.15, -0.1) is 0 Å². The number of ether oxygens (including phenoxy) is 1. The van der Waals surface area contributed by atoms with Crippen LogP contribution in [0.1, 0.15) is 26.7 Å². The number of hydrogen-bond acceptors (Lipinski definition) is 5. The molecule has 0 aromatic rings. The van der Waals surface area contributed by atoms with Crippen LogP contribution in [-0.2, 0) is 9.53 Å². The number of rotatable bonds is 3. The lowest BCUT2D eigenvalue weighted by Crippen LogP contribution is -2.51. The number of aliphatic hydroxyl groups excluding tert-OH is 1. The van der Waals surface area contributed by atoms with Crippen LogP contribution in [0.4, 0.5) is 0 Å². The Morgan fingerprint density at radius 3 is 2.64 bits per heavy atom. The van der Waals surface area contributed by atoms with Crippen molar-refractivity contribution in [1.82, 2.24) is 14.7 Å². The Labute approximate surface area is 133 Å². The third-order valence-corrected chi connectivity index (χ3v) is 5.44. The van der Waals surface area contributed by atoms with Gasteiger partial charge < -0.3 is 14.7 Å². The average Bonchev–Trinajstić information content (AvgIpc) is 3.09. The summed E-state index contributed by atoms with van der Waals surface area (Å²) >= 11 is 0. The fourth-order valence-corrected chi connectivity index (χ4v) is 3.89.